The Morgan fingerprint density at radius 1 is 0.842 bits per heavy atom. The van der Waals surface area contributed by atoms with Gasteiger partial charge in [-0.05, 0) is 43.4 Å². The van der Waals surface area contributed by atoms with Crippen LogP contribution in [0.2, 0.25) is 0 Å². The lowest BCUT2D eigenvalue weighted by Crippen LogP contribution is -2.61. The van der Waals surface area contributed by atoms with Gasteiger partial charge in [0.2, 0.25) is 53.2 Å². The number of nitrogens with two attached hydrogens (primary N) is 1. The third kappa shape index (κ3) is 19.3. The van der Waals surface area contributed by atoms with Crippen LogP contribution in [-0.2, 0) is 59.2 Å². The van der Waals surface area contributed by atoms with Crippen molar-refractivity contribution in [1.82, 2.24) is 52.1 Å². The van der Waals surface area contributed by atoms with E-state index < -0.39 is 136 Å². The number of ketones is 1. The molecule has 27 heteroatoms. The molecule has 3 heterocycles. The molecule has 76 heavy (non-hydrogen) atoms. The Bertz CT molecular complexity index is 2310. The highest BCUT2D eigenvalue weighted by molar-refractivity contribution is 14.1. The number of aromatic amines is 1. The molecule has 1 aromatic rings. The summed E-state index contributed by atoms with van der Waals surface area (Å²) in [7, 11) is 2.26. The summed E-state index contributed by atoms with van der Waals surface area (Å²) in [5.74, 6) is -10.4. The Labute approximate surface area is 463 Å². The Hall–Kier alpha value is -5.29. The van der Waals surface area contributed by atoms with Crippen LogP contribution < -0.4 is 43.0 Å². The molecule has 1 aliphatic carbocycles. The first-order valence-corrected chi connectivity index (χ1v) is 29.2. The third-order valence-corrected chi connectivity index (χ3v) is 16.8. The van der Waals surface area contributed by atoms with Crippen molar-refractivity contribution in [2.24, 2.45) is 29.4 Å². The van der Waals surface area contributed by atoms with Gasteiger partial charge in [-0.25, -0.2) is 4.98 Å². The first kappa shape index (κ1) is 63.2. The summed E-state index contributed by atoms with van der Waals surface area (Å²) in [6.07, 6.45) is 2.98. The van der Waals surface area contributed by atoms with Crippen molar-refractivity contribution < 1.29 is 63.0 Å². The molecule has 0 radical (unpaired) electrons. The van der Waals surface area contributed by atoms with Crippen LogP contribution in [0.15, 0.2) is 24.2 Å². The van der Waals surface area contributed by atoms with Gasteiger partial charge >= 0.3 is 5.97 Å². The number of aliphatic hydroxyl groups is 1. The molecule has 1 aromatic heterocycles. The topological polar surface area (TPSA) is 370 Å². The van der Waals surface area contributed by atoms with Gasteiger partial charge in [0, 0.05) is 55.1 Å². The van der Waals surface area contributed by atoms with Crippen LogP contribution in [0, 0.1) is 23.7 Å². The number of carboxylic acid groups (broad SMARTS) is 1. The van der Waals surface area contributed by atoms with E-state index >= 15 is 0 Å². The van der Waals surface area contributed by atoms with E-state index in [1.807, 2.05) is 36.4 Å². The molecule has 3 aliphatic rings. The van der Waals surface area contributed by atoms with Gasteiger partial charge in [0.05, 0.1) is 22.8 Å². The SMILES string of the molecule is CCC(C)[C@H](NC(=O)[C@H](Cc1cnc[nH]1)NC(=O)[C@@H]1CSSC[C@H](C)C(=O)N2CC(O)C[C@H]2C(=O)N[C@@H](CC2=CC(I)C(=O)CC2)C(=O)N[C@@H](CC(=O)O)C(=O)N[C@@H](CC(C)C)C(=O)N1)C(=O)N[C@@H](CC(C)C)C(N)=O. The molecule has 4 rings (SSSR count). The first-order valence-electron chi connectivity index (χ1n) is 25.5. The number of imidazole rings is 1. The number of amides is 9. The maximum atomic E-state index is 14.6. The van der Waals surface area contributed by atoms with Gasteiger partial charge in [-0.3, -0.25) is 52.7 Å². The molecule has 3 unspecified atom stereocenters. The molecular formula is C49H74IN11O13S2. The highest BCUT2D eigenvalue weighted by Gasteiger charge is 2.43. The van der Waals surface area contributed by atoms with Gasteiger partial charge in [-0.2, -0.15) is 0 Å². The minimum absolute atomic E-state index is 0.0123. The second-order valence-corrected chi connectivity index (χ2v) is 24.4. The van der Waals surface area contributed by atoms with Crippen LogP contribution in [0.3, 0.4) is 0 Å². The lowest BCUT2D eigenvalue weighted by molar-refractivity contribution is -0.142. The van der Waals surface area contributed by atoms with E-state index in [4.69, 9.17) is 5.73 Å². The van der Waals surface area contributed by atoms with Crippen LogP contribution in [0.5, 0.6) is 0 Å². The fraction of sp³-hybridized carbons (Fsp3) is 0.673. The largest absolute Gasteiger partial charge is 0.481 e. The Morgan fingerprint density at radius 2 is 1.49 bits per heavy atom. The number of carbonyl (C=O) groups excluding carboxylic acids is 10. The predicted octanol–water partition coefficient (Wildman–Crippen LogP) is -0.0800. The molecule has 2 fully saturated rings. The minimum Gasteiger partial charge on any atom is -0.481 e. The fourth-order valence-electron chi connectivity index (χ4n) is 8.76. The highest BCUT2D eigenvalue weighted by atomic mass is 127. The summed E-state index contributed by atoms with van der Waals surface area (Å²) in [6.45, 7) is 12.2. The molecule has 0 saturated carbocycles. The third-order valence-electron chi connectivity index (χ3n) is 13.2. The van der Waals surface area contributed by atoms with Crippen molar-refractivity contribution in [3.63, 3.8) is 0 Å². The number of H-pyrrole nitrogens is 1. The van der Waals surface area contributed by atoms with Gasteiger partial charge in [0.1, 0.15) is 54.1 Å². The second kappa shape index (κ2) is 30.0. The Morgan fingerprint density at radius 3 is 2.09 bits per heavy atom. The van der Waals surface area contributed by atoms with E-state index in [-0.39, 0.29) is 80.6 Å². The summed E-state index contributed by atoms with van der Waals surface area (Å²) >= 11 is 1.95. The van der Waals surface area contributed by atoms with Crippen molar-refractivity contribution in [2.75, 3.05) is 18.1 Å². The number of halogens is 1. The average Bonchev–Trinajstić information content (AvgIpc) is 4.02. The average molecular weight is 1220 g/mol. The maximum Gasteiger partial charge on any atom is 0.305 e. The van der Waals surface area contributed by atoms with Crippen LogP contribution in [0.25, 0.3) is 0 Å². The minimum atomic E-state index is -1.81. The quantitative estimate of drug-likeness (QED) is 0.0374. The molecule has 0 spiro atoms. The molecule has 2 aliphatic heterocycles. The number of allylic oxidation sites excluding steroid dienone is 1. The monoisotopic (exact) mass is 1220 g/mol. The number of aliphatic carboxylic acids is 1. The van der Waals surface area contributed by atoms with Crippen molar-refractivity contribution in [2.45, 2.75) is 165 Å². The molecule has 24 nitrogen and oxygen atoms in total. The predicted molar refractivity (Wildman–Crippen MR) is 291 cm³/mol. The summed E-state index contributed by atoms with van der Waals surface area (Å²) in [6, 6.07) is -11.0. The number of aliphatic hydroxyl groups excluding tert-OH is 1. The number of carbonyl (C=O) groups is 11. The van der Waals surface area contributed by atoms with E-state index in [1.165, 1.54) is 17.4 Å². The first-order chi connectivity index (χ1) is 35.8. The molecule has 12 atom stereocenters. The molecule has 0 aromatic carbocycles. The van der Waals surface area contributed by atoms with Crippen molar-refractivity contribution in [3.8, 4) is 0 Å². The van der Waals surface area contributed by atoms with Gasteiger partial charge in [-0.1, -0.05) is 111 Å². The second-order valence-electron chi connectivity index (χ2n) is 20.5. The highest BCUT2D eigenvalue weighted by Crippen LogP contribution is 2.29. The number of hydrogen-bond acceptors (Lipinski definition) is 15. The number of carboxylic acids is 1. The Balaban J connectivity index is 1.72. The normalized spacial score (nSPS) is 26.1. The van der Waals surface area contributed by atoms with E-state index in [0.29, 0.717) is 17.7 Å². The molecule has 12 N–H and O–H groups in total. The number of rotatable bonds is 19. The van der Waals surface area contributed by atoms with Gasteiger partial charge < -0.3 is 63.0 Å². The lowest BCUT2D eigenvalue weighted by Gasteiger charge is -2.30. The van der Waals surface area contributed by atoms with Crippen LogP contribution in [0.1, 0.15) is 106 Å². The Kier molecular flexibility index (Phi) is 25.0. The van der Waals surface area contributed by atoms with E-state index in [9.17, 15) is 63.0 Å². The van der Waals surface area contributed by atoms with Crippen LogP contribution in [-0.4, -0.2) is 166 Å². The lowest BCUT2D eigenvalue weighted by atomic mass is 9.92. The summed E-state index contributed by atoms with van der Waals surface area (Å²) in [5.41, 5.74) is 6.66. The number of fused-ring (bicyclic) bond motifs is 1. The van der Waals surface area contributed by atoms with Crippen molar-refractivity contribution in [3.05, 3.63) is 29.9 Å². The van der Waals surface area contributed by atoms with Gasteiger partial charge in [-0.15, -0.1) is 0 Å². The zero-order valence-electron chi connectivity index (χ0n) is 43.9. The van der Waals surface area contributed by atoms with E-state index in [1.54, 1.807) is 40.7 Å². The number of nitrogens with one attached hydrogen (secondary N) is 8. The number of nitrogens with zero attached hydrogens (tertiary/aromatic N) is 2. The number of Topliss-reactive ketones (excluding diaryl/α,β-unsaturated/α-hetero) is 1. The fourth-order valence-corrected chi connectivity index (χ4v) is 12.1. The molecule has 0 bridgehead atoms. The zero-order valence-corrected chi connectivity index (χ0v) is 47.6. The van der Waals surface area contributed by atoms with Crippen LogP contribution in [0.4, 0.5) is 0 Å². The molecular weight excluding hydrogens is 1140 g/mol. The van der Waals surface area contributed by atoms with Gasteiger partial charge in [0.15, 0.2) is 0 Å². The zero-order chi connectivity index (χ0) is 56.6. The molecule has 9 amide bonds. The number of hydrogen-bond donors (Lipinski definition) is 11. The smallest absolute Gasteiger partial charge is 0.305 e. The van der Waals surface area contributed by atoms with E-state index in [2.05, 4.69) is 47.2 Å². The van der Waals surface area contributed by atoms with Crippen molar-refractivity contribution in [1.29, 1.82) is 0 Å². The standard InChI is InChI=1S/C49H74IN11O13S2/c1-8-25(6)40(48(73)54-31(41(51)66)11-23(2)3)60-45(70)34(15-28-18-52-22-53-28)56-46(71)36-21-76-75-20-26(7)49(74)61-19-29(62)16-37(61)47(72)58-33(14-27-9-10-38(63)30(50)13-27)43(68)57-35(17-39(64)65)44(69)55-32(12-24(4)5)42(67)59-36/h13,18,22-26,29-37,40,62H,8-12,14-17,19-21H2,1-7H3,(H2,51,66)(H,52,53)(H,54,73)(H,55,69)(H,56,71)(H,57,68)(H,58,72)(H,59,67)(H,60,70)(H,64,65)/t25?,26-,29?,30?,31-,32-,33-,34-,35-,36-,37-,40-/m0/s1. The van der Waals surface area contributed by atoms with Crippen molar-refractivity contribution >= 4 is 109 Å². The molecule has 422 valence electrons. The maximum absolute atomic E-state index is 14.6. The number of alkyl halides is 1. The van der Waals surface area contributed by atoms with Crippen LogP contribution >= 0.6 is 44.2 Å². The van der Waals surface area contributed by atoms with E-state index in [0.717, 1.165) is 21.6 Å². The van der Waals surface area contributed by atoms with Gasteiger partial charge in [0.25, 0.3) is 0 Å². The summed E-state index contributed by atoms with van der Waals surface area (Å²) in [5, 5.41) is 39.2. The number of aromatic nitrogens is 2. The molecule has 2 saturated heterocycles. The summed E-state index contributed by atoms with van der Waals surface area (Å²) in [4.78, 5) is 159. The summed E-state index contributed by atoms with van der Waals surface area (Å²) < 4.78 is -0.516. The number of primary amides is 1.